The predicted octanol–water partition coefficient (Wildman–Crippen LogP) is 1.25. The largest absolute Gasteiger partial charge is 0.369 e. The second-order valence-electron chi connectivity index (χ2n) is 4.16. The lowest BCUT2D eigenvalue weighted by atomic mass is 10.3. The molecule has 0 atom stereocenters. The van der Waals surface area contributed by atoms with Gasteiger partial charge in [0.25, 0.3) is 0 Å². The van der Waals surface area contributed by atoms with Gasteiger partial charge in [-0.3, -0.25) is 9.36 Å². The van der Waals surface area contributed by atoms with E-state index < -0.39 is 0 Å². The van der Waals surface area contributed by atoms with Gasteiger partial charge in [0.05, 0.1) is 0 Å². The topological polar surface area (TPSA) is 77.0 Å². The summed E-state index contributed by atoms with van der Waals surface area (Å²) in [5, 5.41) is 0. The van der Waals surface area contributed by atoms with Gasteiger partial charge in [-0.25, -0.2) is 9.97 Å². The molecule has 7 heteroatoms. The highest BCUT2D eigenvalue weighted by Gasteiger charge is 2.12. The van der Waals surface area contributed by atoms with Gasteiger partial charge in [0.15, 0.2) is 5.65 Å². The summed E-state index contributed by atoms with van der Waals surface area (Å²) in [5.74, 6) is 0.426. The van der Waals surface area contributed by atoms with Crippen LogP contribution < -0.4 is 5.73 Å². The first-order chi connectivity index (χ1) is 8.49. The predicted molar refractivity (Wildman–Crippen MR) is 73.0 cm³/mol. The summed E-state index contributed by atoms with van der Waals surface area (Å²) < 4.78 is 2.60. The Labute approximate surface area is 113 Å². The highest BCUT2D eigenvalue weighted by molar-refractivity contribution is 9.10. The normalized spacial score (nSPS) is 10.8. The number of amides is 1. The number of anilines is 1. The minimum atomic E-state index is 0.0494. The van der Waals surface area contributed by atoms with E-state index in [1.807, 2.05) is 6.07 Å². The van der Waals surface area contributed by atoms with Crippen LogP contribution in [0.1, 0.15) is 6.42 Å². The molecule has 0 aliphatic rings. The summed E-state index contributed by atoms with van der Waals surface area (Å²) in [7, 11) is 3.46. The van der Waals surface area contributed by atoms with Gasteiger partial charge in [-0.05, 0) is 22.0 Å². The zero-order valence-electron chi connectivity index (χ0n) is 10.2. The maximum Gasteiger partial charge on any atom is 0.223 e. The van der Waals surface area contributed by atoms with Crippen molar-refractivity contribution < 1.29 is 4.79 Å². The van der Waals surface area contributed by atoms with Crippen LogP contribution in [0.3, 0.4) is 0 Å². The van der Waals surface area contributed by atoms with Gasteiger partial charge in [-0.15, -0.1) is 0 Å². The molecule has 0 aliphatic heterocycles. The molecule has 0 fully saturated rings. The molecule has 96 valence electrons. The number of halogens is 1. The fourth-order valence-corrected chi connectivity index (χ4v) is 1.97. The summed E-state index contributed by atoms with van der Waals surface area (Å²) in [6, 6.07) is 1.85. The van der Waals surface area contributed by atoms with Crippen molar-refractivity contribution >= 4 is 38.9 Å². The zero-order valence-corrected chi connectivity index (χ0v) is 11.8. The van der Waals surface area contributed by atoms with E-state index in [0.717, 1.165) is 9.99 Å². The standard InChI is InChI=1S/C11H14BrN5O/c1-16(2)9(18)3-4-17-10-8(15-11(17)13)5-7(12)6-14-10/h5-6H,3-4H2,1-2H3,(H2,13,15). The van der Waals surface area contributed by atoms with Crippen molar-refractivity contribution in [1.29, 1.82) is 0 Å². The third-order valence-electron chi connectivity index (χ3n) is 2.63. The van der Waals surface area contributed by atoms with Gasteiger partial charge in [0.1, 0.15) is 5.52 Å². The SMILES string of the molecule is CN(C)C(=O)CCn1c(N)nc2cc(Br)cnc21. The first kappa shape index (κ1) is 12.8. The minimum absolute atomic E-state index is 0.0494. The number of carbonyl (C=O) groups excluding carboxylic acids is 1. The summed E-state index contributed by atoms with van der Waals surface area (Å²) in [4.78, 5) is 21.6. The molecular formula is C11H14BrN5O. The molecule has 1 amide bonds. The highest BCUT2D eigenvalue weighted by Crippen LogP contribution is 2.19. The van der Waals surface area contributed by atoms with Gasteiger partial charge in [0.2, 0.25) is 11.9 Å². The fourth-order valence-electron chi connectivity index (χ4n) is 1.66. The molecule has 2 heterocycles. The average Bonchev–Trinajstić information content (AvgIpc) is 2.60. The first-order valence-electron chi connectivity index (χ1n) is 5.46. The van der Waals surface area contributed by atoms with E-state index >= 15 is 0 Å². The number of nitrogens with two attached hydrogens (primary N) is 1. The number of rotatable bonds is 3. The van der Waals surface area contributed by atoms with Crippen molar-refractivity contribution in [2.45, 2.75) is 13.0 Å². The molecular weight excluding hydrogens is 298 g/mol. The molecule has 0 aliphatic carbocycles. The Morgan fingerprint density at radius 2 is 2.28 bits per heavy atom. The minimum Gasteiger partial charge on any atom is -0.369 e. The molecule has 18 heavy (non-hydrogen) atoms. The number of imidazole rings is 1. The quantitative estimate of drug-likeness (QED) is 0.925. The monoisotopic (exact) mass is 311 g/mol. The number of nitrogen functional groups attached to an aromatic ring is 1. The van der Waals surface area contributed by atoms with Crippen LogP contribution in [0.2, 0.25) is 0 Å². The van der Waals surface area contributed by atoms with E-state index in [1.165, 1.54) is 0 Å². The van der Waals surface area contributed by atoms with Gasteiger partial charge < -0.3 is 10.6 Å². The van der Waals surface area contributed by atoms with Gasteiger partial charge in [0, 0.05) is 37.7 Å². The first-order valence-corrected chi connectivity index (χ1v) is 6.25. The molecule has 2 aromatic rings. The van der Waals surface area contributed by atoms with E-state index in [0.29, 0.717) is 24.6 Å². The number of hydrogen-bond donors (Lipinski definition) is 1. The van der Waals surface area contributed by atoms with Crippen LogP contribution in [0.4, 0.5) is 5.95 Å². The molecule has 2 N–H and O–H groups in total. The molecule has 0 unspecified atom stereocenters. The maximum atomic E-state index is 11.6. The maximum absolute atomic E-state index is 11.6. The molecule has 0 bridgehead atoms. The summed E-state index contributed by atoms with van der Waals surface area (Å²) >= 11 is 3.33. The Kier molecular flexibility index (Phi) is 3.51. The van der Waals surface area contributed by atoms with Crippen molar-refractivity contribution in [2.75, 3.05) is 19.8 Å². The van der Waals surface area contributed by atoms with Crippen molar-refractivity contribution in [3.8, 4) is 0 Å². The molecule has 0 aromatic carbocycles. The number of aromatic nitrogens is 3. The Hall–Kier alpha value is -1.63. The van der Waals surface area contributed by atoms with Gasteiger partial charge in [-0.2, -0.15) is 0 Å². The van der Waals surface area contributed by atoms with Crippen molar-refractivity contribution in [3.63, 3.8) is 0 Å². The molecule has 2 aromatic heterocycles. The van der Waals surface area contributed by atoms with E-state index in [1.54, 1.807) is 29.8 Å². The van der Waals surface area contributed by atoms with Crippen LogP contribution in [0.25, 0.3) is 11.2 Å². The zero-order chi connectivity index (χ0) is 13.3. The average molecular weight is 312 g/mol. The molecule has 0 saturated heterocycles. The molecule has 2 rings (SSSR count). The highest BCUT2D eigenvalue weighted by atomic mass is 79.9. The van der Waals surface area contributed by atoms with Crippen LogP contribution in [0.5, 0.6) is 0 Å². The lowest BCUT2D eigenvalue weighted by Crippen LogP contribution is -2.23. The number of pyridine rings is 1. The Morgan fingerprint density at radius 3 is 2.94 bits per heavy atom. The Bertz CT molecular complexity index is 592. The van der Waals surface area contributed by atoms with Crippen LogP contribution in [0.15, 0.2) is 16.7 Å². The number of fused-ring (bicyclic) bond motifs is 1. The third kappa shape index (κ3) is 2.45. The van der Waals surface area contributed by atoms with Crippen molar-refractivity contribution in [3.05, 3.63) is 16.7 Å². The molecule has 0 radical (unpaired) electrons. The number of carbonyl (C=O) groups is 1. The van der Waals surface area contributed by atoms with E-state index in [-0.39, 0.29) is 5.91 Å². The summed E-state index contributed by atoms with van der Waals surface area (Å²) in [6.07, 6.45) is 2.06. The van der Waals surface area contributed by atoms with Crippen LogP contribution in [-0.4, -0.2) is 39.4 Å². The second kappa shape index (κ2) is 4.93. The Morgan fingerprint density at radius 1 is 1.56 bits per heavy atom. The van der Waals surface area contributed by atoms with Crippen LogP contribution in [0, 0.1) is 0 Å². The van der Waals surface area contributed by atoms with E-state index in [4.69, 9.17) is 5.73 Å². The van der Waals surface area contributed by atoms with Crippen LogP contribution >= 0.6 is 15.9 Å². The number of aryl methyl sites for hydroxylation is 1. The van der Waals surface area contributed by atoms with Gasteiger partial charge in [-0.1, -0.05) is 0 Å². The molecule has 6 nitrogen and oxygen atoms in total. The lowest BCUT2D eigenvalue weighted by molar-refractivity contribution is -0.128. The Balaban J connectivity index is 2.28. The summed E-state index contributed by atoms with van der Waals surface area (Å²) in [5.41, 5.74) is 7.26. The van der Waals surface area contributed by atoms with Gasteiger partial charge >= 0.3 is 0 Å². The second-order valence-corrected chi connectivity index (χ2v) is 5.07. The lowest BCUT2D eigenvalue weighted by Gasteiger charge is -2.11. The van der Waals surface area contributed by atoms with Crippen LogP contribution in [-0.2, 0) is 11.3 Å². The van der Waals surface area contributed by atoms with Crippen molar-refractivity contribution in [2.24, 2.45) is 0 Å². The molecule has 0 spiro atoms. The third-order valence-corrected chi connectivity index (χ3v) is 3.06. The number of hydrogen-bond acceptors (Lipinski definition) is 4. The number of nitrogens with zero attached hydrogens (tertiary/aromatic N) is 4. The molecule has 0 saturated carbocycles. The smallest absolute Gasteiger partial charge is 0.223 e. The van der Waals surface area contributed by atoms with E-state index in [2.05, 4.69) is 25.9 Å². The fraction of sp³-hybridized carbons (Fsp3) is 0.364. The van der Waals surface area contributed by atoms with E-state index in [9.17, 15) is 4.79 Å². The summed E-state index contributed by atoms with van der Waals surface area (Å²) in [6.45, 7) is 0.480. The van der Waals surface area contributed by atoms with Crippen molar-refractivity contribution in [1.82, 2.24) is 19.4 Å².